The van der Waals surface area contributed by atoms with Gasteiger partial charge in [0.25, 0.3) is 0 Å². The minimum absolute atomic E-state index is 0.334. The molecule has 1 atom stereocenters. The molecule has 1 saturated carbocycles. The Kier molecular flexibility index (Phi) is 7.03. The zero-order chi connectivity index (χ0) is 21.7. The van der Waals surface area contributed by atoms with E-state index in [1.54, 1.807) is 0 Å². The third-order valence-electron chi connectivity index (χ3n) is 4.91. The molecule has 1 fully saturated rings. The lowest BCUT2D eigenvalue weighted by atomic mass is 9.99. The number of carboxylic acids is 1. The molecule has 164 valence electrons. The average molecular weight is 427 g/mol. The van der Waals surface area contributed by atoms with Gasteiger partial charge in [0, 0.05) is 45.4 Å². The fourth-order valence-corrected chi connectivity index (χ4v) is 3.33. The predicted octanol–water partition coefficient (Wildman–Crippen LogP) is 2.37. The number of aromatic nitrogens is 4. The molecule has 1 unspecified atom stereocenters. The highest BCUT2D eigenvalue weighted by Gasteiger charge is 2.38. The molecule has 1 N–H and O–H groups in total. The topological polar surface area (TPSA) is 93.4 Å². The summed E-state index contributed by atoms with van der Waals surface area (Å²) in [6, 6.07) is 6.07. The Hall–Kier alpha value is -2.53. The third-order valence-corrected chi connectivity index (χ3v) is 4.91. The Balaban J connectivity index is 0.000000318. The maximum atomic E-state index is 10.6. The van der Waals surface area contributed by atoms with Gasteiger partial charge >= 0.3 is 12.1 Å². The van der Waals surface area contributed by atoms with Crippen LogP contribution in [-0.2, 0) is 29.7 Å². The van der Waals surface area contributed by atoms with Gasteiger partial charge in [0.1, 0.15) is 5.69 Å². The van der Waals surface area contributed by atoms with Crippen molar-refractivity contribution < 1.29 is 27.8 Å². The second-order valence-corrected chi connectivity index (χ2v) is 7.52. The SMILES string of the molecule is Cn1nnc2c1C(COCC1CC1)CN(Cc1ccccn1)C2.O=C(O)C(F)(F)F. The fourth-order valence-electron chi connectivity index (χ4n) is 3.33. The number of hydrogen-bond donors (Lipinski definition) is 1. The summed E-state index contributed by atoms with van der Waals surface area (Å²) >= 11 is 0. The molecule has 0 bridgehead atoms. The molecule has 2 aromatic heterocycles. The lowest BCUT2D eigenvalue weighted by molar-refractivity contribution is -0.192. The Morgan fingerprint density at radius 2 is 2.03 bits per heavy atom. The van der Waals surface area contributed by atoms with Crippen molar-refractivity contribution in [2.24, 2.45) is 13.0 Å². The second-order valence-electron chi connectivity index (χ2n) is 7.52. The highest BCUT2D eigenvalue weighted by Crippen LogP contribution is 2.31. The number of aliphatic carboxylic acids is 1. The van der Waals surface area contributed by atoms with Gasteiger partial charge < -0.3 is 9.84 Å². The van der Waals surface area contributed by atoms with Gasteiger partial charge in [-0.25, -0.2) is 4.79 Å². The van der Waals surface area contributed by atoms with Crippen molar-refractivity contribution in [2.45, 2.75) is 38.0 Å². The number of ether oxygens (including phenoxy) is 1. The van der Waals surface area contributed by atoms with Crippen molar-refractivity contribution in [1.29, 1.82) is 0 Å². The van der Waals surface area contributed by atoms with Crippen LogP contribution in [0.1, 0.15) is 35.8 Å². The van der Waals surface area contributed by atoms with E-state index in [0.29, 0.717) is 5.92 Å². The first-order valence-electron chi connectivity index (χ1n) is 9.62. The maximum absolute atomic E-state index is 10.6. The quantitative estimate of drug-likeness (QED) is 0.757. The van der Waals surface area contributed by atoms with E-state index in [2.05, 4.69) is 26.3 Å². The van der Waals surface area contributed by atoms with Crippen LogP contribution in [0.3, 0.4) is 0 Å². The molecule has 0 saturated heterocycles. The molecule has 0 aromatic carbocycles. The summed E-state index contributed by atoms with van der Waals surface area (Å²) in [6.45, 7) is 4.30. The summed E-state index contributed by atoms with van der Waals surface area (Å²) in [5, 5.41) is 15.7. The summed E-state index contributed by atoms with van der Waals surface area (Å²) in [4.78, 5) is 15.7. The number of pyridine rings is 1. The largest absolute Gasteiger partial charge is 0.490 e. The van der Waals surface area contributed by atoms with Crippen LogP contribution in [-0.4, -0.2) is 61.9 Å². The van der Waals surface area contributed by atoms with E-state index in [1.807, 2.05) is 30.1 Å². The zero-order valence-electron chi connectivity index (χ0n) is 16.5. The van der Waals surface area contributed by atoms with Crippen molar-refractivity contribution in [3.63, 3.8) is 0 Å². The number of fused-ring (bicyclic) bond motifs is 1. The van der Waals surface area contributed by atoms with E-state index in [9.17, 15) is 13.2 Å². The first-order valence-corrected chi connectivity index (χ1v) is 9.62. The van der Waals surface area contributed by atoms with Crippen molar-refractivity contribution in [3.8, 4) is 0 Å². The lowest BCUT2D eigenvalue weighted by Crippen LogP contribution is -2.36. The molecule has 2 aliphatic rings. The Labute approximate surface area is 171 Å². The van der Waals surface area contributed by atoms with E-state index >= 15 is 0 Å². The predicted molar refractivity (Wildman–Crippen MR) is 99.3 cm³/mol. The lowest BCUT2D eigenvalue weighted by Gasteiger charge is -2.31. The van der Waals surface area contributed by atoms with E-state index < -0.39 is 12.1 Å². The highest BCUT2D eigenvalue weighted by atomic mass is 19.4. The van der Waals surface area contributed by atoms with E-state index in [1.165, 1.54) is 18.5 Å². The van der Waals surface area contributed by atoms with Crippen LogP contribution in [0.5, 0.6) is 0 Å². The number of alkyl halides is 3. The first-order chi connectivity index (χ1) is 14.2. The van der Waals surface area contributed by atoms with Crippen LogP contribution in [0.15, 0.2) is 24.4 Å². The van der Waals surface area contributed by atoms with Crippen LogP contribution in [0.4, 0.5) is 13.2 Å². The molecule has 0 amide bonds. The van der Waals surface area contributed by atoms with Crippen molar-refractivity contribution in [2.75, 3.05) is 19.8 Å². The highest BCUT2D eigenvalue weighted by molar-refractivity contribution is 5.73. The molecule has 0 spiro atoms. The van der Waals surface area contributed by atoms with Crippen LogP contribution in [0, 0.1) is 5.92 Å². The fraction of sp³-hybridized carbons (Fsp3) is 0.579. The Morgan fingerprint density at radius 1 is 1.30 bits per heavy atom. The summed E-state index contributed by atoms with van der Waals surface area (Å²) < 4.78 is 39.6. The van der Waals surface area contributed by atoms with Gasteiger partial charge in [0.15, 0.2) is 0 Å². The molecule has 1 aliphatic carbocycles. The number of carbonyl (C=O) groups is 1. The van der Waals surface area contributed by atoms with Gasteiger partial charge in [-0.05, 0) is 30.9 Å². The molecule has 2 aromatic rings. The van der Waals surface area contributed by atoms with E-state index in [-0.39, 0.29) is 0 Å². The number of carboxylic acid groups (broad SMARTS) is 1. The normalized spacial score (nSPS) is 19.0. The summed E-state index contributed by atoms with van der Waals surface area (Å²) in [5.74, 6) is -1.62. The van der Waals surface area contributed by atoms with Crippen LogP contribution >= 0.6 is 0 Å². The van der Waals surface area contributed by atoms with Gasteiger partial charge in [-0.1, -0.05) is 11.3 Å². The summed E-state index contributed by atoms with van der Waals surface area (Å²) in [6.07, 6.45) is -0.576. The van der Waals surface area contributed by atoms with E-state index in [4.69, 9.17) is 14.6 Å². The van der Waals surface area contributed by atoms with Crippen LogP contribution in [0.25, 0.3) is 0 Å². The molecule has 1 aliphatic heterocycles. The van der Waals surface area contributed by atoms with E-state index in [0.717, 1.165) is 50.2 Å². The Bertz CT molecular complexity index is 840. The third kappa shape index (κ3) is 6.23. The van der Waals surface area contributed by atoms with Crippen molar-refractivity contribution in [3.05, 3.63) is 41.5 Å². The van der Waals surface area contributed by atoms with Crippen molar-refractivity contribution in [1.82, 2.24) is 24.9 Å². The number of rotatable bonds is 6. The maximum Gasteiger partial charge on any atom is 0.490 e. The molecular weight excluding hydrogens is 403 g/mol. The van der Waals surface area contributed by atoms with Crippen LogP contribution in [0.2, 0.25) is 0 Å². The number of halogens is 3. The minimum Gasteiger partial charge on any atom is -0.475 e. The smallest absolute Gasteiger partial charge is 0.475 e. The number of nitrogens with zero attached hydrogens (tertiary/aromatic N) is 5. The summed E-state index contributed by atoms with van der Waals surface area (Å²) in [7, 11) is 1.98. The molecule has 11 heteroatoms. The molecule has 4 rings (SSSR count). The minimum atomic E-state index is -5.08. The molecular formula is C19H24F3N5O3. The molecule has 0 radical (unpaired) electrons. The first kappa shape index (κ1) is 22.2. The number of hydrogen-bond acceptors (Lipinski definition) is 6. The van der Waals surface area contributed by atoms with Gasteiger partial charge in [0.2, 0.25) is 0 Å². The molecule has 30 heavy (non-hydrogen) atoms. The summed E-state index contributed by atoms with van der Waals surface area (Å²) in [5.41, 5.74) is 3.41. The molecule has 3 heterocycles. The van der Waals surface area contributed by atoms with Gasteiger partial charge in [-0.15, -0.1) is 5.10 Å². The van der Waals surface area contributed by atoms with Gasteiger partial charge in [-0.3, -0.25) is 14.6 Å². The van der Waals surface area contributed by atoms with Crippen molar-refractivity contribution >= 4 is 5.97 Å². The number of aryl methyl sites for hydroxylation is 1. The molecule has 8 nitrogen and oxygen atoms in total. The average Bonchev–Trinajstić information content (AvgIpc) is 3.44. The monoisotopic (exact) mass is 427 g/mol. The standard InChI is InChI=1S/C17H23N5O.C2HF3O2/c1-21-17-14(12-23-11-13-5-6-13)8-22(10-16(17)19-20-21)9-15-4-2-3-7-18-15;3-2(4,5)1(6)7/h2-4,7,13-14H,5-6,8-12H2,1H3;(H,6,7). The second kappa shape index (κ2) is 9.52. The van der Waals surface area contributed by atoms with Gasteiger partial charge in [-0.2, -0.15) is 13.2 Å². The Morgan fingerprint density at radius 3 is 2.63 bits per heavy atom. The van der Waals surface area contributed by atoms with Crippen LogP contribution < -0.4 is 0 Å². The van der Waals surface area contributed by atoms with Gasteiger partial charge in [0.05, 0.1) is 18.0 Å². The zero-order valence-corrected chi connectivity index (χ0v) is 16.5.